The van der Waals surface area contributed by atoms with Crippen LogP contribution in [0, 0.1) is 6.92 Å². The Hall–Kier alpha value is -0.380. The quantitative estimate of drug-likeness (QED) is 0.855. The predicted octanol–water partition coefficient (Wildman–Crippen LogP) is 3.05. The molecule has 84 valence electrons. The second-order valence-electron chi connectivity index (χ2n) is 4.39. The lowest BCUT2D eigenvalue weighted by Gasteiger charge is -2.41. The Morgan fingerprint density at radius 2 is 2.33 bits per heavy atom. The zero-order chi connectivity index (χ0) is 10.9. The van der Waals surface area contributed by atoms with Crippen molar-refractivity contribution in [2.24, 2.45) is 0 Å². The van der Waals surface area contributed by atoms with Gasteiger partial charge in [-0.2, -0.15) is 0 Å². The van der Waals surface area contributed by atoms with Gasteiger partial charge in [-0.1, -0.05) is 0 Å². The van der Waals surface area contributed by atoms with Crippen LogP contribution >= 0.6 is 11.3 Å². The number of hydrogen-bond acceptors (Lipinski definition) is 3. The Bertz CT molecular complexity index is 323. The fourth-order valence-corrected chi connectivity index (χ4v) is 3.02. The molecule has 1 saturated carbocycles. The molecule has 0 aromatic carbocycles. The molecule has 0 aliphatic heterocycles. The topological polar surface area (TPSA) is 29.5 Å². The Morgan fingerprint density at radius 1 is 1.60 bits per heavy atom. The molecule has 1 atom stereocenters. The summed E-state index contributed by atoms with van der Waals surface area (Å²) in [6.07, 6.45) is 3.77. The summed E-state index contributed by atoms with van der Waals surface area (Å²) in [5, 5.41) is 12.2. The molecule has 0 bridgehead atoms. The highest BCUT2D eigenvalue weighted by Crippen LogP contribution is 2.42. The van der Waals surface area contributed by atoms with E-state index in [1.165, 1.54) is 11.3 Å². The molecule has 0 spiro atoms. The van der Waals surface area contributed by atoms with Gasteiger partial charge in [0.05, 0.1) is 11.7 Å². The summed E-state index contributed by atoms with van der Waals surface area (Å²) in [6.45, 7) is 2.06. The van der Waals surface area contributed by atoms with Crippen LogP contribution < -0.4 is 0 Å². The van der Waals surface area contributed by atoms with E-state index in [0.717, 1.165) is 24.8 Å². The van der Waals surface area contributed by atoms with Gasteiger partial charge in [-0.3, -0.25) is 0 Å². The van der Waals surface area contributed by atoms with Gasteiger partial charge in [0.25, 0.3) is 0 Å². The van der Waals surface area contributed by atoms with Gasteiger partial charge in [-0.25, -0.2) is 0 Å². The van der Waals surface area contributed by atoms with E-state index in [4.69, 9.17) is 4.74 Å². The number of aliphatic hydroxyl groups excluding tert-OH is 1. The van der Waals surface area contributed by atoms with E-state index in [9.17, 15) is 5.11 Å². The van der Waals surface area contributed by atoms with Gasteiger partial charge in [0.15, 0.2) is 0 Å². The number of aliphatic hydroxyl groups is 1. The van der Waals surface area contributed by atoms with Gasteiger partial charge < -0.3 is 9.84 Å². The lowest BCUT2D eigenvalue weighted by molar-refractivity contribution is -0.0999. The first-order valence-electron chi connectivity index (χ1n) is 5.44. The number of hydrogen-bond donors (Lipinski definition) is 1. The third-order valence-electron chi connectivity index (χ3n) is 3.52. The third-order valence-corrected chi connectivity index (χ3v) is 4.38. The van der Waals surface area contributed by atoms with Crippen molar-refractivity contribution in [1.29, 1.82) is 0 Å². The van der Waals surface area contributed by atoms with Gasteiger partial charge in [-0.15, -0.1) is 11.3 Å². The minimum absolute atomic E-state index is 0.0478. The number of rotatable bonds is 4. The summed E-state index contributed by atoms with van der Waals surface area (Å²) in [4.78, 5) is 1.22. The van der Waals surface area contributed by atoms with Crippen molar-refractivity contribution in [3.05, 3.63) is 21.9 Å². The van der Waals surface area contributed by atoms with E-state index in [1.54, 1.807) is 18.4 Å². The lowest BCUT2D eigenvalue weighted by atomic mass is 9.75. The Labute approximate surface area is 94.9 Å². The monoisotopic (exact) mass is 226 g/mol. The van der Waals surface area contributed by atoms with Crippen LogP contribution in [0.1, 0.15) is 42.2 Å². The fourth-order valence-electron chi connectivity index (χ4n) is 2.27. The number of methoxy groups -OCH3 is 1. The standard InChI is InChI=1S/C12H18O2S/c1-9-10(4-7-15-9)11(13)8-12(14-2)5-3-6-12/h4,7,11,13H,3,5-6,8H2,1-2H3. The van der Waals surface area contributed by atoms with Crippen molar-refractivity contribution in [1.82, 2.24) is 0 Å². The molecule has 1 aliphatic rings. The van der Waals surface area contributed by atoms with E-state index in [-0.39, 0.29) is 11.7 Å². The van der Waals surface area contributed by atoms with Crippen molar-refractivity contribution in [3.63, 3.8) is 0 Å². The first-order chi connectivity index (χ1) is 7.17. The molecule has 3 heteroatoms. The van der Waals surface area contributed by atoms with E-state index >= 15 is 0 Å². The molecular weight excluding hydrogens is 208 g/mol. The fraction of sp³-hybridized carbons (Fsp3) is 0.667. The maximum absolute atomic E-state index is 10.1. The highest BCUT2D eigenvalue weighted by Gasteiger charge is 2.39. The molecule has 1 fully saturated rings. The van der Waals surface area contributed by atoms with Crippen LogP contribution in [-0.4, -0.2) is 17.8 Å². The molecule has 1 aromatic rings. The predicted molar refractivity (Wildman–Crippen MR) is 62.2 cm³/mol. The number of thiophene rings is 1. The zero-order valence-electron chi connectivity index (χ0n) is 9.32. The average Bonchev–Trinajstić information content (AvgIpc) is 2.58. The first-order valence-corrected chi connectivity index (χ1v) is 6.32. The summed E-state index contributed by atoms with van der Waals surface area (Å²) in [6, 6.07) is 2.02. The summed E-state index contributed by atoms with van der Waals surface area (Å²) >= 11 is 1.69. The lowest BCUT2D eigenvalue weighted by Crippen LogP contribution is -2.40. The van der Waals surface area contributed by atoms with Gasteiger partial charge in [-0.05, 0) is 43.2 Å². The van der Waals surface area contributed by atoms with Gasteiger partial charge in [0.2, 0.25) is 0 Å². The smallest absolute Gasteiger partial charge is 0.0828 e. The van der Waals surface area contributed by atoms with Crippen LogP contribution in [0.2, 0.25) is 0 Å². The molecule has 1 heterocycles. The van der Waals surface area contributed by atoms with E-state index in [0.29, 0.717) is 0 Å². The second-order valence-corrected chi connectivity index (χ2v) is 5.51. The molecule has 15 heavy (non-hydrogen) atoms. The van der Waals surface area contributed by atoms with Gasteiger partial charge in [0, 0.05) is 18.4 Å². The van der Waals surface area contributed by atoms with Crippen LogP contribution in [0.3, 0.4) is 0 Å². The normalized spacial score (nSPS) is 21.0. The summed E-state index contributed by atoms with van der Waals surface area (Å²) < 4.78 is 5.53. The minimum atomic E-state index is -0.364. The van der Waals surface area contributed by atoms with Crippen LogP contribution in [0.15, 0.2) is 11.4 Å². The van der Waals surface area contributed by atoms with Crippen molar-refractivity contribution in [2.45, 2.75) is 44.3 Å². The molecule has 1 aliphatic carbocycles. The summed E-state index contributed by atoms with van der Waals surface area (Å²) in [7, 11) is 1.76. The van der Waals surface area contributed by atoms with E-state index < -0.39 is 0 Å². The van der Waals surface area contributed by atoms with Crippen LogP contribution in [0.4, 0.5) is 0 Å². The van der Waals surface area contributed by atoms with Crippen molar-refractivity contribution in [3.8, 4) is 0 Å². The maximum atomic E-state index is 10.1. The molecule has 0 radical (unpaired) electrons. The first kappa shape index (κ1) is 11.1. The molecule has 1 N–H and O–H groups in total. The van der Waals surface area contributed by atoms with Crippen LogP contribution in [0.5, 0.6) is 0 Å². The minimum Gasteiger partial charge on any atom is -0.388 e. The van der Waals surface area contributed by atoms with E-state index in [1.807, 2.05) is 11.4 Å². The van der Waals surface area contributed by atoms with Crippen molar-refractivity contribution < 1.29 is 9.84 Å². The highest BCUT2D eigenvalue weighted by atomic mass is 32.1. The Kier molecular flexibility index (Phi) is 3.14. The largest absolute Gasteiger partial charge is 0.388 e. The number of ether oxygens (including phenoxy) is 1. The van der Waals surface area contributed by atoms with Gasteiger partial charge in [0.1, 0.15) is 0 Å². The zero-order valence-corrected chi connectivity index (χ0v) is 10.1. The molecule has 2 rings (SSSR count). The Morgan fingerprint density at radius 3 is 2.73 bits per heavy atom. The van der Waals surface area contributed by atoms with Crippen LogP contribution in [-0.2, 0) is 4.74 Å². The van der Waals surface area contributed by atoms with E-state index in [2.05, 4.69) is 6.92 Å². The molecule has 1 aromatic heterocycles. The number of aryl methyl sites for hydroxylation is 1. The van der Waals surface area contributed by atoms with Crippen LogP contribution in [0.25, 0.3) is 0 Å². The van der Waals surface area contributed by atoms with Crippen molar-refractivity contribution >= 4 is 11.3 Å². The molecule has 1 unspecified atom stereocenters. The maximum Gasteiger partial charge on any atom is 0.0828 e. The summed E-state index contributed by atoms with van der Waals surface area (Å²) in [5.74, 6) is 0. The highest BCUT2D eigenvalue weighted by molar-refractivity contribution is 7.10. The van der Waals surface area contributed by atoms with Crippen molar-refractivity contribution in [2.75, 3.05) is 7.11 Å². The summed E-state index contributed by atoms with van der Waals surface area (Å²) in [5.41, 5.74) is 1.02. The molecule has 0 amide bonds. The molecule has 2 nitrogen and oxygen atoms in total. The molecule has 0 saturated heterocycles. The molecular formula is C12H18O2S. The Balaban J connectivity index is 2.03. The average molecular weight is 226 g/mol. The SMILES string of the molecule is COC1(CC(O)c2ccsc2C)CCC1. The third kappa shape index (κ3) is 2.10. The van der Waals surface area contributed by atoms with Gasteiger partial charge >= 0.3 is 0 Å². The second kappa shape index (κ2) is 4.24.